The van der Waals surface area contributed by atoms with Crippen LogP contribution in [0.2, 0.25) is 0 Å². The average molecular weight is 433 g/mol. The predicted molar refractivity (Wildman–Crippen MR) is 123 cm³/mol. The van der Waals surface area contributed by atoms with E-state index in [1.165, 1.54) is 38.5 Å². The maximum Gasteiger partial charge on any atom is 0.168 e. The van der Waals surface area contributed by atoms with E-state index in [9.17, 15) is 9.18 Å². The van der Waals surface area contributed by atoms with E-state index < -0.39 is 5.82 Å². The summed E-state index contributed by atoms with van der Waals surface area (Å²) in [4.78, 5) is 12.8. The molecular formula is C27H41FO3. The average Bonchev–Trinajstić information content (AvgIpc) is 2.78. The highest BCUT2D eigenvalue weighted by Crippen LogP contribution is 2.34. The first-order valence-corrected chi connectivity index (χ1v) is 12.6. The fourth-order valence-corrected chi connectivity index (χ4v) is 5.47. The third-order valence-corrected chi connectivity index (χ3v) is 7.45. The Morgan fingerprint density at radius 2 is 1.61 bits per heavy atom. The molecule has 0 heterocycles. The summed E-state index contributed by atoms with van der Waals surface area (Å²) in [6.07, 6.45) is 13.1. The lowest BCUT2D eigenvalue weighted by atomic mass is 9.80. The van der Waals surface area contributed by atoms with Gasteiger partial charge in [0, 0.05) is 18.6 Å². The van der Waals surface area contributed by atoms with Crippen LogP contribution >= 0.6 is 0 Å². The van der Waals surface area contributed by atoms with Crippen molar-refractivity contribution in [3.63, 3.8) is 0 Å². The van der Waals surface area contributed by atoms with Crippen LogP contribution in [-0.4, -0.2) is 25.1 Å². The molecule has 0 spiro atoms. The van der Waals surface area contributed by atoms with Crippen LogP contribution in [0.15, 0.2) is 12.1 Å². The summed E-state index contributed by atoms with van der Waals surface area (Å²) in [5.74, 6) is 1.94. The van der Waals surface area contributed by atoms with Crippen LogP contribution in [0.4, 0.5) is 4.39 Å². The second-order valence-corrected chi connectivity index (χ2v) is 9.76. The first-order valence-electron chi connectivity index (χ1n) is 12.6. The van der Waals surface area contributed by atoms with Gasteiger partial charge in [-0.05, 0) is 87.8 Å². The molecule has 3 rings (SSSR count). The standard InChI is InChI=1S/C27H41FO3/c1-4-6-20-7-9-22(10-8-20)18-31-23-13-11-21(12-14-23)17-25(29)24-15-16-26(30-5-2)27(28)19(24)3/h15-16,20-23H,4-14,17-18H2,1-3H3. The summed E-state index contributed by atoms with van der Waals surface area (Å²) in [6.45, 7) is 7.11. The van der Waals surface area contributed by atoms with Crippen molar-refractivity contribution >= 4 is 5.78 Å². The largest absolute Gasteiger partial charge is 0.491 e. The minimum Gasteiger partial charge on any atom is -0.491 e. The first-order chi connectivity index (χ1) is 15.0. The van der Waals surface area contributed by atoms with Crippen molar-refractivity contribution in [3.05, 3.63) is 29.1 Å². The summed E-state index contributed by atoms with van der Waals surface area (Å²) in [5, 5.41) is 0. The van der Waals surface area contributed by atoms with Crippen LogP contribution in [0.25, 0.3) is 0 Å². The molecule has 31 heavy (non-hydrogen) atoms. The number of halogens is 1. The molecule has 2 aliphatic carbocycles. The predicted octanol–water partition coefficient (Wildman–Crippen LogP) is 7.29. The van der Waals surface area contributed by atoms with Crippen LogP contribution in [-0.2, 0) is 4.74 Å². The molecule has 1 aromatic carbocycles. The van der Waals surface area contributed by atoms with Crippen molar-refractivity contribution in [2.45, 2.75) is 97.5 Å². The molecule has 0 amide bonds. The number of rotatable bonds is 10. The van der Waals surface area contributed by atoms with Crippen LogP contribution in [0, 0.1) is 30.5 Å². The van der Waals surface area contributed by atoms with Crippen molar-refractivity contribution in [1.82, 2.24) is 0 Å². The second kappa shape index (κ2) is 12.0. The van der Waals surface area contributed by atoms with E-state index in [2.05, 4.69) is 6.92 Å². The number of carbonyl (C=O) groups is 1. The Bertz CT molecular complexity index is 701. The second-order valence-electron chi connectivity index (χ2n) is 9.76. The molecule has 0 unspecified atom stereocenters. The van der Waals surface area contributed by atoms with Crippen molar-refractivity contribution in [1.29, 1.82) is 0 Å². The third-order valence-electron chi connectivity index (χ3n) is 7.45. The molecular weight excluding hydrogens is 391 g/mol. The van der Waals surface area contributed by atoms with Gasteiger partial charge < -0.3 is 9.47 Å². The molecule has 0 atom stereocenters. The Labute approximate surface area is 188 Å². The Morgan fingerprint density at radius 1 is 0.968 bits per heavy atom. The Balaban J connectivity index is 1.39. The van der Waals surface area contributed by atoms with Gasteiger partial charge in [-0.1, -0.05) is 32.6 Å². The highest BCUT2D eigenvalue weighted by molar-refractivity contribution is 5.97. The van der Waals surface area contributed by atoms with Crippen LogP contribution in [0.3, 0.4) is 0 Å². The number of ether oxygens (including phenoxy) is 2. The smallest absolute Gasteiger partial charge is 0.168 e. The number of benzene rings is 1. The molecule has 0 saturated heterocycles. The van der Waals surface area contributed by atoms with E-state index in [-0.39, 0.29) is 11.5 Å². The molecule has 4 heteroatoms. The third kappa shape index (κ3) is 6.78. The Kier molecular flexibility index (Phi) is 9.37. The number of hydrogen-bond donors (Lipinski definition) is 0. The number of Topliss-reactive ketones (excluding diaryl/α,β-unsaturated/α-hetero) is 1. The fourth-order valence-electron chi connectivity index (χ4n) is 5.47. The lowest BCUT2D eigenvalue weighted by molar-refractivity contribution is -0.00991. The van der Waals surface area contributed by atoms with Gasteiger partial charge in [-0.15, -0.1) is 0 Å². The zero-order valence-electron chi connectivity index (χ0n) is 19.8. The zero-order valence-corrected chi connectivity index (χ0v) is 19.8. The lowest BCUT2D eigenvalue weighted by Gasteiger charge is -2.32. The van der Waals surface area contributed by atoms with Crippen molar-refractivity contribution in [2.75, 3.05) is 13.2 Å². The first kappa shape index (κ1) is 24.2. The van der Waals surface area contributed by atoms with E-state index >= 15 is 0 Å². The van der Waals surface area contributed by atoms with E-state index in [1.807, 2.05) is 6.92 Å². The summed E-state index contributed by atoms with van der Waals surface area (Å²) in [6, 6.07) is 3.30. The molecule has 174 valence electrons. The number of hydrogen-bond acceptors (Lipinski definition) is 3. The monoisotopic (exact) mass is 432 g/mol. The summed E-state index contributed by atoms with van der Waals surface area (Å²) >= 11 is 0. The maximum absolute atomic E-state index is 14.4. The topological polar surface area (TPSA) is 35.5 Å². The normalized spacial score (nSPS) is 26.6. The van der Waals surface area contributed by atoms with Crippen LogP contribution in [0.1, 0.15) is 100 Å². The highest BCUT2D eigenvalue weighted by atomic mass is 19.1. The summed E-state index contributed by atoms with van der Waals surface area (Å²) in [7, 11) is 0. The van der Waals surface area contributed by atoms with Gasteiger partial charge in [0.25, 0.3) is 0 Å². The molecule has 2 saturated carbocycles. The van der Waals surface area contributed by atoms with Crippen molar-refractivity contribution < 1.29 is 18.7 Å². The van der Waals surface area contributed by atoms with E-state index in [1.54, 1.807) is 19.1 Å². The van der Waals surface area contributed by atoms with Gasteiger partial charge in [-0.2, -0.15) is 0 Å². The number of carbonyl (C=O) groups excluding carboxylic acids is 1. The maximum atomic E-state index is 14.4. The highest BCUT2D eigenvalue weighted by Gasteiger charge is 2.27. The summed E-state index contributed by atoms with van der Waals surface area (Å²) < 4.78 is 26.0. The van der Waals surface area contributed by atoms with Gasteiger partial charge in [0.2, 0.25) is 0 Å². The summed E-state index contributed by atoms with van der Waals surface area (Å²) in [5.41, 5.74) is 0.902. The van der Waals surface area contributed by atoms with Gasteiger partial charge in [-0.3, -0.25) is 4.79 Å². The Hall–Kier alpha value is -1.42. The van der Waals surface area contributed by atoms with Crippen LogP contribution in [0.5, 0.6) is 5.75 Å². The number of ketones is 1. The molecule has 3 nitrogen and oxygen atoms in total. The van der Waals surface area contributed by atoms with Gasteiger partial charge in [0.1, 0.15) is 0 Å². The van der Waals surface area contributed by atoms with Crippen molar-refractivity contribution in [3.8, 4) is 5.75 Å². The van der Waals surface area contributed by atoms with Crippen LogP contribution < -0.4 is 4.74 Å². The molecule has 0 radical (unpaired) electrons. The minimum atomic E-state index is -0.409. The van der Waals surface area contributed by atoms with Gasteiger partial charge in [0.15, 0.2) is 17.3 Å². The molecule has 0 aromatic heterocycles. The molecule has 2 aliphatic rings. The molecule has 0 N–H and O–H groups in total. The van der Waals surface area contributed by atoms with E-state index in [0.717, 1.165) is 44.1 Å². The van der Waals surface area contributed by atoms with Gasteiger partial charge in [0.05, 0.1) is 12.7 Å². The molecule has 0 bridgehead atoms. The van der Waals surface area contributed by atoms with E-state index in [4.69, 9.17) is 9.47 Å². The fraction of sp³-hybridized carbons (Fsp3) is 0.741. The lowest BCUT2D eigenvalue weighted by Crippen LogP contribution is -2.27. The van der Waals surface area contributed by atoms with Gasteiger partial charge >= 0.3 is 0 Å². The van der Waals surface area contributed by atoms with E-state index in [0.29, 0.717) is 36.2 Å². The zero-order chi connectivity index (χ0) is 22.2. The Morgan fingerprint density at radius 3 is 2.26 bits per heavy atom. The molecule has 2 fully saturated rings. The van der Waals surface area contributed by atoms with Crippen molar-refractivity contribution in [2.24, 2.45) is 17.8 Å². The van der Waals surface area contributed by atoms with Gasteiger partial charge in [-0.25, -0.2) is 4.39 Å². The minimum absolute atomic E-state index is 0.0488. The SMILES string of the molecule is CCCC1CCC(COC2CCC(CC(=O)c3ccc(OCC)c(F)c3C)CC2)CC1. The molecule has 1 aromatic rings. The quantitative estimate of drug-likeness (QED) is 0.364. The molecule has 0 aliphatic heterocycles.